The van der Waals surface area contributed by atoms with E-state index in [0.29, 0.717) is 33.7 Å². The van der Waals surface area contributed by atoms with Crippen molar-refractivity contribution in [3.63, 3.8) is 0 Å². The Kier molecular flexibility index (Phi) is 7.16. The minimum atomic E-state index is -0.211. The molecule has 2 heterocycles. The summed E-state index contributed by atoms with van der Waals surface area (Å²) in [7, 11) is 0. The van der Waals surface area contributed by atoms with E-state index in [1.54, 1.807) is 61.1 Å². The topological polar surface area (TPSA) is 89.2 Å². The molecule has 9 heteroatoms. The average molecular weight is 481 g/mol. The lowest BCUT2D eigenvalue weighted by atomic mass is 10.2. The maximum atomic E-state index is 12.5. The summed E-state index contributed by atoms with van der Waals surface area (Å²) in [5, 5.41) is 6.78. The van der Waals surface area contributed by atoms with Crippen LogP contribution in [-0.2, 0) is 11.3 Å². The van der Waals surface area contributed by atoms with E-state index in [9.17, 15) is 9.59 Å². The highest BCUT2D eigenvalue weighted by atomic mass is 35.5. The van der Waals surface area contributed by atoms with Crippen molar-refractivity contribution in [2.75, 3.05) is 11.1 Å². The number of nitrogens with zero attached hydrogens (tertiary/aromatic N) is 2. The predicted octanol–water partition coefficient (Wildman–Crippen LogP) is 5.09. The number of carbonyl (C=O) groups is 2. The van der Waals surface area contributed by atoms with Gasteiger partial charge in [0.2, 0.25) is 5.91 Å². The Labute approximate surface area is 200 Å². The van der Waals surface area contributed by atoms with Crippen molar-refractivity contribution in [2.24, 2.45) is 0 Å². The fraction of sp³-hybridized carbons (Fsp3) is 0.125. The first-order valence-corrected chi connectivity index (χ1v) is 11.5. The van der Waals surface area contributed by atoms with Crippen LogP contribution in [0.25, 0.3) is 5.69 Å². The van der Waals surface area contributed by atoms with Gasteiger partial charge < -0.3 is 15.1 Å². The molecule has 168 valence electrons. The molecule has 0 aliphatic heterocycles. The zero-order valence-corrected chi connectivity index (χ0v) is 19.3. The molecule has 0 radical (unpaired) electrons. The number of thioether (sulfide) groups is 1. The van der Waals surface area contributed by atoms with Gasteiger partial charge in [0, 0.05) is 23.6 Å². The number of rotatable bonds is 8. The number of aromatic nitrogens is 2. The number of aryl methyl sites for hydroxylation is 1. The predicted molar refractivity (Wildman–Crippen MR) is 129 cm³/mol. The highest BCUT2D eigenvalue weighted by molar-refractivity contribution is 7.99. The highest BCUT2D eigenvalue weighted by Gasteiger charge is 2.13. The molecule has 0 spiro atoms. The first-order valence-electron chi connectivity index (χ1n) is 10.1. The van der Waals surface area contributed by atoms with Gasteiger partial charge in [-0.05, 0) is 55.0 Å². The lowest BCUT2D eigenvalue weighted by molar-refractivity contribution is -0.113. The van der Waals surface area contributed by atoms with Gasteiger partial charge in [-0.15, -0.1) is 0 Å². The van der Waals surface area contributed by atoms with Crippen molar-refractivity contribution in [3.05, 3.63) is 95.2 Å². The first kappa shape index (κ1) is 22.7. The number of hydrogen-bond acceptors (Lipinski definition) is 5. The summed E-state index contributed by atoms with van der Waals surface area (Å²) in [5.74, 6) is 0.436. The van der Waals surface area contributed by atoms with Gasteiger partial charge in [0.25, 0.3) is 5.91 Å². The van der Waals surface area contributed by atoms with Gasteiger partial charge in [0.05, 0.1) is 29.3 Å². The molecule has 2 aromatic heterocycles. The molecular formula is C24H21ClN4O3S. The number of imidazole rings is 1. The molecule has 0 saturated heterocycles. The molecule has 33 heavy (non-hydrogen) atoms. The van der Waals surface area contributed by atoms with E-state index in [4.69, 9.17) is 16.0 Å². The summed E-state index contributed by atoms with van der Waals surface area (Å²) in [6.45, 7) is 2.24. The molecule has 4 aromatic rings. The molecule has 0 fully saturated rings. The maximum absolute atomic E-state index is 12.5. The van der Waals surface area contributed by atoms with Gasteiger partial charge in [0.15, 0.2) is 5.16 Å². The number of hydrogen-bond donors (Lipinski definition) is 2. The summed E-state index contributed by atoms with van der Waals surface area (Å²) in [5.41, 5.74) is 2.87. The number of amides is 2. The number of halogens is 1. The fourth-order valence-electron chi connectivity index (χ4n) is 3.11. The Bertz CT molecular complexity index is 1270. The van der Waals surface area contributed by atoms with Crippen molar-refractivity contribution >= 4 is 40.9 Å². The lowest BCUT2D eigenvalue weighted by Gasteiger charge is -2.10. The summed E-state index contributed by atoms with van der Waals surface area (Å²) >= 11 is 7.49. The van der Waals surface area contributed by atoms with Crippen LogP contribution in [-0.4, -0.2) is 27.1 Å². The Morgan fingerprint density at radius 1 is 1.15 bits per heavy atom. The summed E-state index contributed by atoms with van der Waals surface area (Å²) in [6.07, 6.45) is 5.01. The Morgan fingerprint density at radius 2 is 2.03 bits per heavy atom. The van der Waals surface area contributed by atoms with E-state index in [2.05, 4.69) is 15.6 Å². The maximum Gasteiger partial charge on any atom is 0.251 e. The van der Waals surface area contributed by atoms with Gasteiger partial charge in [-0.25, -0.2) is 4.98 Å². The Morgan fingerprint density at radius 3 is 2.82 bits per heavy atom. The van der Waals surface area contributed by atoms with Crippen LogP contribution in [0.3, 0.4) is 0 Å². The third-order valence-electron chi connectivity index (χ3n) is 4.73. The molecule has 2 aromatic carbocycles. The molecule has 0 bridgehead atoms. The van der Waals surface area contributed by atoms with E-state index in [-0.39, 0.29) is 17.6 Å². The van der Waals surface area contributed by atoms with Crippen molar-refractivity contribution < 1.29 is 14.0 Å². The van der Waals surface area contributed by atoms with Crippen LogP contribution < -0.4 is 10.6 Å². The Hall–Kier alpha value is -3.49. The minimum absolute atomic E-state index is 0.157. The number of benzene rings is 2. The molecule has 0 unspecified atom stereocenters. The second kappa shape index (κ2) is 10.4. The summed E-state index contributed by atoms with van der Waals surface area (Å²) in [6, 6.07) is 16.2. The molecule has 2 N–H and O–H groups in total. The van der Waals surface area contributed by atoms with Gasteiger partial charge >= 0.3 is 0 Å². The van der Waals surface area contributed by atoms with Crippen molar-refractivity contribution in [2.45, 2.75) is 18.6 Å². The summed E-state index contributed by atoms with van der Waals surface area (Å²) in [4.78, 5) is 29.3. The molecule has 2 amide bonds. The van der Waals surface area contributed by atoms with Crippen molar-refractivity contribution in [1.82, 2.24) is 14.9 Å². The van der Waals surface area contributed by atoms with Crippen LogP contribution in [0.4, 0.5) is 5.69 Å². The van der Waals surface area contributed by atoms with Crippen LogP contribution in [0.5, 0.6) is 0 Å². The van der Waals surface area contributed by atoms with E-state index in [1.165, 1.54) is 11.8 Å². The van der Waals surface area contributed by atoms with E-state index in [0.717, 1.165) is 11.3 Å². The Balaban J connectivity index is 1.40. The quantitative estimate of drug-likeness (QED) is 0.343. The molecule has 0 aliphatic carbocycles. The molecule has 0 atom stereocenters. The van der Waals surface area contributed by atoms with E-state index >= 15 is 0 Å². The molecular weight excluding hydrogens is 460 g/mol. The third-order valence-corrected chi connectivity index (χ3v) is 6.01. The standard InChI is InChI=1S/C24H21ClN4O3S/c1-16-7-8-21(20(25)12-16)28-22(30)15-33-24-26-9-10-29(24)18-5-2-4-17(13-18)23(31)27-14-19-6-3-11-32-19/h2-13H,14-15H2,1H3,(H,27,31)(H,28,30). The number of furan rings is 1. The second-order valence-corrected chi connectivity index (χ2v) is 8.56. The monoisotopic (exact) mass is 480 g/mol. The van der Waals surface area contributed by atoms with Gasteiger partial charge in [-0.2, -0.15) is 0 Å². The normalized spacial score (nSPS) is 10.7. The third kappa shape index (κ3) is 5.85. The molecule has 4 rings (SSSR count). The highest BCUT2D eigenvalue weighted by Crippen LogP contribution is 2.24. The smallest absolute Gasteiger partial charge is 0.251 e. The zero-order chi connectivity index (χ0) is 23.2. The van der Waals surface area contributed by atoms with Crippen LogP contribution >= 0.6 is 23.4 Å². The minimum Gasteiger partial charge on any atom is -0.467 e. The number of carbonyl (C=O) groups excluding carboxylic acids is 2. The molecule has 0 saturated carbocycles. The van der Waals surface area contributed by atoms with Crippen molar-refractivity contribution in [3.8, 4) is 5.69 Å². The number of anilines is 1. The second-order valence-electron chi connectivity index (χ2n) is 7.21. The summed E-state index contributed by atoms with van der Waals surface area (Å²) < 4.78 is 7.08. The molecule has 7 nitrogen and oxygen atoms in total. The van der Waals surface area contributed by atoms with Gasteiger partial charge in [0.1, 0.15) is 5.76 Å². The van der Waals surface area contributed by atoms with Crippen LogP contribution in [0.2, 0.25) is 5.02 Å². The van der Waals surface area contributed by atoms with Gasteiger partial charge in [-0.3, -0.25) is 14.2 Å². The van der Waals surface area contributed by atoms with E-state index in [1.807, 2.05) is 23.6 Å². The SMILES string of the molecule is Cc1ccc(NC(=O)CSc2nccn2-c2cccc(C(=O)NCc3ccco3)c2)c(Cl)c1. The zero-order valence-electron chi connectivity index (χ0n) is 17.7. The lowest BCUT2D eigenvalue weighted by Crippen LogP contribution is -2.22. The largest absolute Gasteiger partial charge is 0.467 e. The van der Waals surface area contributed by atoms with Crippen LogP contribution in [0, 0.1) is 6.92 Å². The van der Waals surface area contributed by atoms with Crippen molar-refractivity contribution in [1.29, 1.82) is 0 Å². The number of nitrogens with one attached hydrogen (secondary N) is 2. The molecule has 0 aliphatic rings. The van der Waals surface area contributed by atoms with Crippen LogP contribution in [0.1, 0.15) is 21.7 Å². The first-order chi connectivity index (χ1) is 16.0. The van der Waals surface area contributed by atoms with Crippen LogP contribution in [0.15, 0.2) is 82.8 Å². The average Bonchev–Trinajstić information content (AvgIpc) is 3.50. The van der Waals surface area contributed by atoms with Gasteiger partial charge in [-0.1, -0.05) is 35.5 Å². The fourth-order valence-corrected chi connectivity index (χ4v) is 4.17. The van der Waals surface area contributed by atoms with E-state index < -0.39 is 0 Å².